The Labute approximate surface area is 102 Å². The zero-order valence-electron chi connectivity index (χ0n) is 9.57. The van der Waals surface area contributed by atoms with Crippen LogP contribution in [0.1, 0.15) is 23.2 Å². The van der Waals surface area contributed by atoms with Crippen LogP contribution in [0.3, 0.4) is 0 Å². The Balaban J connectivity index is 2.39. The summed E-state index contributed by atoms with van der Waals surface area (Å²) in [4.78, 5) is 12.4. The van der Waals surface area contributed by atoms with Crippen LogP contribution in [-0.4, -0.2) is 35.4 Å². The molecule has 0 radical (unpaired) electrons. The number of carboxylic acids is 1. The largest absolute Gasteiger partial charge is 0.477 e. The van der Waals surface area contributed by atoms with Crippen molar-refractivity contribution >= 4 is 11.7 Å². The highest BCUT2D eigenvalue weighted by Gasteiger charge is 2.26. The lowest BCUT2D eigenvalue weighted by molar-refractivity contribution is 0.0686. The number of halogens is 2. The van der Waals surface area contributed by atoms with Gasteiger partial charge in [0.25, 0.3) is 0 Å². The second-order valence-corrected chi connectivity index (χ2v) is 4.26. The van der Waals surface area contributed by atoms with Crippen LogP contribution in [0.15, 0.2) is 12.1 Å². The molecule has 2 N–H and O–H groups in total. The van der Waals surface area contributed by atoms with Gasteiger partial charge in [0.2, 0.25) is 0 Å². The average molecular weight is 257 g/mol. The van der Waals surface area contributed by atoms with Gasteiger partial charge in [-0.25, -0.2) is 13.6 Å². The minimum atomic E-state index is -1.63. The average Bonchev–Trinajstić information content (AvgIpc) is 2.75. The molecule has 0 aliphatic carbocycles. The molecule has 18 heavy (non-hydrogen) atoms. The molecule has 6 heteroatoms. The molecular weight excluding hydrogens is 244 g/mol. The third kappa shape index (κ3) is 2.15. The molecule has 1 aliphatic rings. The summed E-state index contributed by atoms with van der Waals surface area (Å²) in [7, 11) is 0. The number of anilines is 1. The maximum atomic E-state index is 13.5. The topological polar surface area (TPSA) is 60.8 Å². The maximum absolute atomic E-state index is 13.5. The molecule has 1 heterocycles. The fourth-order valence-corrected chi connectivity index (χ4v) is 2.30. The fraction of sp³-hybridized carbons (Fsp3) is 0.417. The molecule has 0 unspecified atom stereocenters. The Morgan fingerprint density at radius 1 is 1.39 bits per heavy atom. The number of aromatic carboxylic acids is 1. The van der Waals surface area contributed by atoms with Gasteiger partial charge in [-0.1, -0.05) is 0 Å². The molecule has 0 bridgehead atoms. The first kappa shape index (κ1) is 12.8. The number of aliphatic hydroxyl groups is 1. The molecule has 2 rings (SSSR count). The first-order valence-electron chi connectivity index (χ1n) is 5.64. The summed E-state index contributed by atoms with van der Waals surface area (Å²) in [5.41, 5.74) is -0.676. The Bertz CT molecular complexity index is 455. The van der Waals surface area contributed by atoms with E-state index in [1.807, 2.05) is 0 Å². The fourth-order valence-electron chi connectivity index (χ4n) is 2.30. The lowest BCUT2D eigenvalue weighted by Crippen LogP contribution is -2.32. The van der Waals surface area contributed by atoms with Gasteiger partial charge in [0.15, 0.2) is 0 Å². The zero-order valence-corrected chi connectivity index (χ0v) is 9.57. The van der Waals surface area contributed by atoms with Crippen LogP contribution in [0.4, 0.5) is 14.5 Å². The molecule has 0 saturated carbocycles. The van der Waals surface area contributed by atoms with Crippen LogP contribution in [0.25, 0.3) is 0 Å². The maximum Gasteiger partial charge on any atom is 0.341 e. The number of hydrogen-bond acceptors (Lipinski definition) is 3. The number of rotatable bonds is 3. The third-order valence-corrected chi connectivity index (χ3v) is 3.16. The molecule has 0 aromatic heterocycles. The van der Waals surface area contributed by atoms with E-state index >= 15 is 0 Å². The van der Waals surface area contributed by atoms with Gasteiger partial charge >= 0.3 is 5.97 Å². The molecule has 1 saturated heterocycles. The normalized spacial score (nSPS) is 19.3. The molecule has 1 aromatic carbocycles. The molecule has 98 valence electrons. The van der Waals surface area contributed by atoms with Gasteiger partial charge in [-0.3, -0.25) is 0 Å². The summed E-state index contributed by atoms with van der Waals surface area (Å²) in [5, 5.41) is 17.8. The third-order valence-electron chi connectivity index (χ3n) is 3.16. The Hall–Kier alpha value is -1.69. The van der Waals surface area contributed by atoms with Crippen molar-refractivity contribution in [2.75, 3.05) is 18.1 Å². The summed E-state index contributed by atoms with van der Waals surface area (Å²) in [6, 6.07) is 1.83. The first-order chi connectivity index (χ1) is 8.54. The monoisotopic (exact) mass is 257 g/mol. The highest BCUT2D eigenvalue weighted by atomic mass is 19.1. The van der Waals surface area contributed by atoms with Crippen molar-refractivity contribution in [3.05, 3.63) is 29.3 Å². The van der Waals surface area contributed by atoms with Crippen LogP contribution in [0, 0.1) is 11.6 Å². The van der Waals surface area contributed by atoms with Gasteiger partial charge in [0.1, 0.15) is 17.2 Å². The quantitative estimate of drug-likeness (QED) is 0.864. The molecule has 1 atom stereocenters. The molecule has 0 spiro atoms. The number of benzene rings is 1. The number of carboxylic acid groups (broad SMARTS) is 1. The minimum absolute atomic E-state index is 0.0933. The van der Waals surface area contributed by atoms with Gasteiger partial charge in [0.05, 0.1) is 12.6 Å². The smallest absolute Gasteiger partial charge is 0.341 e. The van der Waals surface area contributed by atoms with E-state index in [2.05, 4.69) is 0 Å². The predicted octanol–water partition coefficient (Wildman–Crippen LogP) is 1.62. The molecule has 1 fully saturated rings. The molecule has 1 aliphatic heterocycles. The van der Waals surface area contributed by atoms with Crippen LogP contribution >= 0.6 is 0 Å². The summed E-state index contributed by atoms with van der Waals surface area (Å²) >= 11 is 0. The van der Waals surface area contributed by atoms with Gasteiger partial charge in [-0.2, -0.15) is 0 Å². The van der Waals surface area contributed by atoms with Gasteiger partial charge in [-0.05, 0) is 25.0 Å². The number of nitrogens with zero attached hydrogens (tertiary/aromatic N) is 1. The van der Waals surface area contributed by atoms with Crippen molar-refractivity contribution in [2.45, 2.75) is 18.9 Å². The van der Waals surface area contributed by atoms with E-state index in [0.29, 0.717) is 6.54 Å². The molecule has 4 nitrogen and oxygen atoms in total. The van der Waals surface area contributed by atoms with E-state index < -0.39 is 23.2 Å². The van der Waals surface area contributed by atoms with E-state index in [9.17, 15) is 13.6 Å². The zero-order chi connectivity index (χ0) is 13.3. The van der Waals surface area contributed by atoms with Crippen LogP contribution in [-0.2, 0) is 0 Å². The lowest BCUT2D eigenvalue weighted by Gasteiger charge is -2.25. The van der Waals surface area contributed by atoms with Crippen LogP contribution < -0.4 is 4.90 Å². The summed E-state index contributed by atoms with van der Waals surface area (Å²) in [6.45, 7) is 0.500. The first-order valence-corrected chi connectivity index (χ1v) is 5.64. The SMILES string of the molecule is O=C(O)c1c(F)cc(N2CCC[C@H]2CO)cc1F. The second kappa shape index (κ2) is 4.89. The highest BCUT2D eigenvalue weighted by Crippen LogP contribution is 2.28. The molecular formula is C12H13F2NO3. The number of carbonyl (C=O) groups is 1. The Morgan fingerprint density at radius 2 is 2.00 bits per heavy atom. The lowest BCUT2D eigenvalue weighted by atomic mass is 10.1. The van der Waals surface area contributed by atoms with Crippen molar-refractivity contribution in [1.29, 1.82) is 0 Å². The minimum Gasteiger partial charge on any atom is -0.477 e. The van der Waals surface area contributed by atoms with Crippen molar-refractivity contribution in [1.82, 2.24) is 0 Å². The van der Waals surface area contributed by atoms with E-state index in [-0.39, 0.29) is 18.3 Å². The van der Waals surface area contributed by atoms with Gasteiger partial charge in [-0.15, -0.1) is 0 Å². The summed E-state index contributed by atoms with van der Waals surface area (Å²) < 4.78 is 27.1. The van der Waals surface area contributed by atoms with Gasteiger partial charge < -0.3 is 15.1 Å². The number of hydrogen-bond donors (Lipinski definition) is 2. The van der Waals surface area contributed by atoms with Crippen molar-refractivity contribution in [2.24, 2.45) is 0 Å². The molecule has 0 amide bonds. The van der Waals surface area contributed by atoms with Crippen molar-refractivity contribution in [3.8, 4) is 0 Å². The van der Waals surface area contributed by atoms with Crippen LogP contribution in [0.2, 0.25) is 0 Å². The standard InChI is InChI=1S/C12H13F2NO3/c13-9-4-8(5-10(14)11(9)12(17)18)15-3-1-2-7(15)6-16/h4-5,7,16H,1-3,6H2,(H,17,18)/t7-/m0/s1. The summed E-state index contributed by atoms with van der Waals surface area (Å²) in [5.74, 6) is -3.82. The highest BCUT2D eigenvalue weighted by molar-refractivity contribution is 5.88. The van der Waals surface area contributed by atoms with Crippen molar-refractivity contribution in [3.63, 3.8) is 0 Å². The van der Waals surface area contributed by atoms with Crippen molar-refractivity contribution < 1.29 is 23.8 Å². The Morgan fingerprint density at radius 3 is 2.50 bits per heavy atom. The van der Waals surface area contributed by atoms with E-state index in [0.717, 1.165) is 25.0 Å². The van der Waals surface area contributed by atoms with Gasteiger partial charge in [0, 0.05) is 12.2 Å². The summed E-state index contributed by atoms with van der Waals surface area (Å²) in [6.07, 6.45) is 1.58. The second-order valence-electron chi connectivity index (χ2n) is 4.26. The van der Waals surface area contributed by atoms with Crippen LogP contribution in [0.5, 0.6) is 0 Å². The number of aliphatic hydroxyl groups excluding tert-OH is 1. The Kier molecular flexibility index (Phi) is 3.47. The van der Waals surface area contributed by atoms with E-state index in [1.165, 1.54) is 0 Å². The van der Waals surface area contributed by atoms with E-state index in [1.54, 1.807) is 4.90 Å². The van der Waals surface area contributed by atoms with E-state index in [4.69, 9.17) is 10.2 Å². The molecule has 1 aromatic rings. The predicted molar refractivity (Wildman–Crippen MR) is 60.8 cm³/mol.